The topological polar surface area (TPSA) is 182 Å². The molecule has 1 atom stereocenters. The molecule has 0 aliphatic rings. The van der Waals surface area contributed by atoms with Crippen LogP contribution in [-0.4, -0.2) is 56.1 Å². The minimum atomic E-state index is -0.913. The van der Waals surface area contributed by atoms with Crippen molar-refractivity contribution in [2.45, 2.75) is 45.4 Å². The smallest absolute Gasteiger partial charge is 0.328 e. The Morgan fingerprint density at radius 1 is 1.17 bits per heavy atom. The third kappa shape index (κ3) is 6.78. The molecule has 2 heterocycles. The minimum absolute atomic E-state index is 0.0327. The van der Waals surface area contributed by atoms with E-state index in [1.165, 1.54) is 0 Å². The molecular formula is C24H30N8O4. The lowest BCUT2D eigenvalue weighted by Crippen LogP contribution is -2.42. The molecule has 0 bridgehead atoms. The molecule has 36 heavy (non-hydrogen) atoms. The van der Waals surface area contributed by atoms with Crippen molar-refractivity contribution in [3.63, 3.8) is 0 Å². The van der Waals surface area contributed by atoms with Crippen molar-refractivity contribution >= 4 is 40.5 Å². The Kier molecular flexibility index (Phi) is 8.20. The van der Waals surface area contributed by atoms with E-state index in [1.54, 1.807) is 44.3 Å². The number of esters is 1. The number of nitrogens with zero attached hydrogens (tertiary/aromatic N) is 5. The van der Waals surface area contributed by atoms with Gasteiger partial charge in [0.05, 0.1) is 30.3 Å². The third-order valence-corrected chi connectivity index (χ3v) is 5.13. The van der Waals surface area contributed by atoms with Crippen LogP contribution in [-0.2, 0) is 16.1 Å². The number of rotatable bonds is 10. The van der Waals surface area contributed by atoms with Crippen LogP contribution < -0.4 is 21.7 Å². The highest BCUT2D eigenvalue weighted by Crippen LogP contribution is 2.19. The molecule has 1 aromatic carbocycles. The van der Waals surface area contributed by atoms with E-state index in [2.05, 4.69) is 31.8 Å². The number of aromatic nitrogens is 4. The summed E-state index contributed by atoms with van der Waals surface area (Å²) in [6.07, 6.45) is 1.58. The highest BCUT2D eigenvalue weighted by molar-refractivity contribution is 5.97. The maximum Gasteiger partial charge on any atom is 0.328 e. The molecule has 12 heteroatoms. The second-order valence-electron chi connectivity index (χ2n) is 8.52. The van der Waals surface area contributed by atoms with Crippen LogP contribution in [0.4, 0.5) is 17.5 Å². The van der Waals surface area contributed by atoms with E-state index in [0.29, 0.717) is 29.0 Å². The number of anilines is 3. The first-order valence-electron chi connectivity index (χ1n) is 11.3. The highest BCUT2D eigenvalue weighted by Gasteiger charge is 2.24. The number of carbonyl (C=O) groups is 2. The maximum absolute atomic E-state index is 12.8. The fraction of sp³-hybridized carbons (Fsp3) is 0.333. The molecule has 0 aliphatic carbocycles. The van der Waals surface area contributed by atoms with E-state index in [0.717, 1.165) is 5.69 Å². The van der Waals surface area contributed by atoms with Gasteiger partial charge in [0.2, 0.25) is 5.95 Å². The Bertz CT molecular complexity index is 1260. The minimum Gasteiger partial charge on any atom is -0.513 e. The molecule has 2 aromatic heterocycles. The predicted octanol–water partition coefficient (Wildman–Crippen LogP) is 2.12. The number of carbonyl (C=O) groups excluding carboxylic acids is 2. The molecule has 6 N–H and O–H groups in total. The molecule has 3 aromatic rings. The van der Waals surface area contributed by atoms with E-state index in [9.17, 15) is 14.7 Å². The zero-order chi connectivity index (χ0) is 26.4. The zero-order valence-electron chi connectivity index (χ0n) is 20.4. The molecule has 0 fully saturated rings. The maximum atomic E-state index is 12.8. The largest absolute Gasteiger partial charge is 0.513 e. The van der Waals surface area contributed by atoms with Gasteiger partial charge in [-0.2, -0.15) is 9.97 Å². The van der Waals surface area contributed by atoms with E-state index >= 15 is 0 Å². The van der Waals surface area contributed by atoms with Gasteiger partial charge in [-0.1, -0.05) is 6.58 Å². The van der Waals surface area contributed by atoms with Crippen LogP contribution in [0.2, 0.25) is 0 Å². The summed E-state index contributed by atoms with van der Waals surface area (Å²) < 4.78 is 5.22. The van der Waals surface area contributed by atoms with Crippen molar-refractivity contribution in [2.75, 3.05) is 23.4 Å². The molecule has 3 rings (SSSR count). The number of amides is 1. The van der Waals surface area contributed by atoms with Crippen LogP contribution in [0.1, 0.15) is 42.7 Å². The van der Waals surface area contributed by atoms with Crippen molar-refractivity contribution < 1.29 is 19.4 Å². The average molecular weight is 495 g/mol. The van der Waals surface area contributed by atoms with Crippen LogP contribution in [0.5, 0.6) is 0 Å². The number of nitrogen functional groups attached to an aromatic ring is 2. The van der Waals surface area contributed by atoms with E-state index in [1.807, 2.05) is 11.9 Å². The Morgan fingerprint density at radius 2 is 1.86 bits per heavy atom. The molecule has 0 aliphatic heterocycles. The summed E-state index contributed by atoms with van der Waals surface area (Å²) in [5, 5.41) is 12.1. The quantitative estimate of drug-likeness (QED) is 0.239. The van der Waals surface area contributed by atoms with Crippen molar-refractivity contribution in [1.82, 2.24) is 25.3 Å². The number of aliphatic hydroxyl groups is 1. The summed E-state index contributed by atoms with van der Waals surface area (Å²) in [5.74, 6) is -0.891. The van der Waals surface area contributed by atoms with Crippen LogP contribution in [0.3, 0.4) is 0 Å². The number of allylic oxidation sites excluding steroid dienone is 1. The molecule has 0 saturated heterocycles. The summed E-state index contributed by atoms with van der Waals surface area (Å²) >= 11 is 0. The fourth-order valence-electron chi connectivity index (χ4n) is 3.38. The van der Waals surface area contributed by atoms with Gasteiger partial charge in [-0.3, -0.25) is 4.79 Å². The second-order valence-corrected chi connectivity index (χ2v) is 8.52. The first kappa shape index (κ1) is 26.1. The summed E-state index contributed by atoms with van der Waals surface area (Å²) in [5.41, 5.74) is 14.0. The molecule has 0 spiro atoms. The highest BCUT2D eigenvalue weighted by atomic mass is 16.5. The first-order chi connectivity index (χ1) is 17.0. The summed E-state index contributed by atoms with van der Waals surface area (Å²) in [6.45, 7) is 7.28. The number of nitrogens with two attached hydrogens (primary N) is 2. The van der Waals surface area contributed by atoms with Crippen LogP contribution >= 0.6 is 0 Å². The molecule has 0 unspecified atom stereocenters. The van der Waals surface area contributed by atoms with Gasteiger partial charge in [-0.05, 0) is 44.5 Å². The van der Waals surface area contributed by atoms with Crippen molar-refractivity contribution in [2.24, 2.45) is 0 Å². The molecule has 1 amide bonds. The van der Waals surface area contributed by atoms with Gasteiger partial charge in [0, 0.05) is 24.7 Å². The number of benzene rings is 1. The lowest BCUT2D eigenvalue weighted by Gasteiger charge is -2.20. The fourth-order valence-corrected chi connectivity index (χ4v) is 3.38. The number of fused-ring (bicyclic) bond motifs is 1. The van der Waals surface area contributed by atoms with Crippen LogP contribution in [0.25, 0.3) is 11.2 Å². The Labute approximate surface area is 208 Å². The summed E-state index contributed by atoms with van der Waals surface area (Å²) in [6, 6.07) is 5.94. The average Bonchev–Trinajstić information content (AvgIpc) is 2.81. The SMILES string of the molecule is C=C(O)CC[C@H](NC(=O)c1ccc(N(C)Cc2cnc3nc(N)nc(N)c3n2)cc1)C(=O)OC(C)C. The van der Waals surface area contributed by atoms with Gasteiger partial charge in [-0.25, -0.2) is 14.8 Å². The molecule has 0 radical (unpaired) electrons. The summed E-state index contributed by atoms with van der Waals surface area (Å²) in [7, 11) is 1.86. The Morgan fingerprint density at radius 3 is 2.50 bits per heavy atom. The van der Waals surface area contributed by atoms with Crippen LogP contribution in [0.15, 0.2) is 42.8 Å². The number of ether oxygens (including phenoxy) is 1. The zero-order valence-corrected chi connectivity index (χ0v) is 20.4. The standard InChI is InChI=1S/C24H30N8O4/c1-13(2)36-23(35)18(10-5-14(3)33)29-22(34)15-6-8-17(9-7-15)32(4)12-16-11-27-21-19(28-16)20(25)30-24(26)31-21/h6-9,11,13,18,33H,3,5,10,12H2,1-2,4H3,(H,29,34)(H4,25,26,27,30,31)/t18-/m0/s1. The molecular weight excluding hydrogens is 464 g/mol. The number of aliphatic hydroxyl groups excluding tert-OH is 1. The second kappa shape index (κ2) is 11.3. The van der Waals surface area contributed by atoms with Gasteiger partial charge in [0.15, 0.2) is 17.0 Å². The van der Waals surface area contributed by atoms with Gasteiger partial charge >= 0.3 is 5.97 Å². The van der Waals surface area contributed by atoms with E-state index < -0.39 is 17.9 Å². The lowest BCUT2D eigenvalue weighted by molar-refractivity contribution is -0.149. The van der Waals surface area contributed by atoms with Gasteiger partial charge in [0.1, 0.15) is 6.04 Å². The van der Waals surface area contributed by atoms with Gasteiger partial charge in [-0.15, -0.1) is 0 Å². The lowest BCUT2D eigenvalue weighted by atomic mass is 10.1. The molecule has 0 saturated carbocycles. The summed E-state index contributed by atoms with van der Waals surface area (Å²) in [4.78, 5) is 43.8. The predicted molar refractivity (Wildman–Crippen MR) is 136 cm³/mol. The van der Waals surface area contributed by atoms with Crippen molar-refractivity contribution in [3.8, 4) is 0 Å². The molecule has 12 nitrogen and oxygen atoms in total. The van der Waals surface area contributed by atoms with E-state index in [-0.39, 0.29) is 36.5 Å². The van der Waals surface area contributed by atoms with Crippen molar-refractivity contribution in [1.29, 1.82) is 0 Å². The van der Waals surface area contributed by atoms with E-state index in [4.69, 9.17) is 16.2 Å². The van der Waals surface area contributed by atoms with Crippen LogP contribution in [0, 0.1) is 0 Å². The number of nitrogens with one attached hydrogen (secondary N) is 1. The third-order valence-electron chi connectivity index (χ3n) is 5.13. The Hall–Kier alpha value is -4.48. The monoisotopic (exact) mass is 494 g/mol. The van der Waals surface area contributed by atoms with Gasteiger partial charge < -0.3 is 31.5 Å². The number of hydrogen-bond donors (Lipinski definition) is 4. The van der Waals surface area contributed by atoms with Gasteiger partial charge in [0.25, 0.3) is 5.91 Å². The normalized spacial score (nSPS) is 11.8. The Balaban J connectivity index is 1.68. The molecule has 190 valence electrons. The number of hydrogen-bond acceptors (Lipinski definition) is 11. The first-order valence-corrected chi connectivity index (χ1v) is 11.3. The van der Waals surface area contributed by atoms with Crippen molar-refractivity contribution in [3.05, 3.63) is 54.1 Å².